The van der Waals surface area contributed by atoms with Crippen molar-refractivity contribution in [3.63, 3.8) is 0 Å². The predicted octanol–water partition coefficient (Wildman–Crippen LogP) is 0.993. The molecule has 0 saturated carbocycles. The lowest BCUT2D eigenvalue weighted by Crippen LogP contribution is -2.41. The highest BCUT2D eigenvalue weighted by Crippen LogP contribution is 2.06. The summed E-state index contributed by atoms with van der Waals surface area (Å²) in [6.07, 6.45) is 0.385. The van der Waals surface area contributed by atoms with Gasteiger partial charge >= 0.3 is 0 Å². The van der Waals surface area contributed by atoms with Crippen LogP contribution in [0, 0.1) is 17.2 Å². The molecule has 0 aromatic rings. The molecule has 0 radical (unpaired) electrons. The quantitative estimate of drug-likeness (QED) is 0.713. The lowest BCUT2D eigenvalue weighted by atomic mass is 10.1. The third-order valence-corrected chi connectivity index (χ3v) is 2.52. The van der Waals surface area contributed by atoms with Crippen LogP contribution < -0.4 is 5.32 Å². The van der Waals surface area contributed by atoms with E-state index in [-0.39, 0.29) is 17.9 Å². The molecule has 2 unspecified atom stereocenters. The molecule has 0 heterocycles. The van der Waals surface area contributed by atoms with Gasteiger partial charge in [0.05, 0.1) is 12.5 Å². The van der Waals surface area contributed by atoms with E-state index in [1.54, 1.807) is 11.9 Å². The highest BCUT2D eigenvalue weighted by Gasteiger charge is 2.20. The van der Waals surface area contributed by atoms with E-state index in [9.17, 15) is 4.79 Å². The Kier molecular flexibility index (Phi) is 6.72. The summed E-state index contributed by atoms with van der Waals surface area (Å²) in [6, 6.07) is 2.07. The minimum atomic E-state index is -0.0314. The van der Waals surface area contributed by atoms with Crippen LogP contribution >= 0.6 is 0 Å². The van der Waals surface area contributed by atoms with Crippen LogP contribution in [0.4, 0.5) is 0 Å². The average Bonchev–Trinajstić information content (AvgIpc) is 2.24. The maximum Gasteiger partial charge on any atom is 0.226 e. The Bertz CT molecular complexity index is 234. The molecule has 0 bridgehead atoms. The number of hydrogen-bond acceptors (Lipinski definition) is 3. The summed E-state index contributed by atoms with van der Waals surface area (Å²) in [5, 5.41) is 11.7. The Morgan fingerprint density at radius 3 is 2.60 bits per heavy atom. The Morgan fingerprint density at radius 1 is 1.53 bits per heavy atom. The van der Waals surface area contributed by atoms with Gasteiger partial charge in [0.2, 0.25) is 5.91 Å². The largest absolute Gasteiger partial charge is 0.342 e. The fourth-order valence-electron chi connectivity index (χ4n) is 1.28. The van der Waals surface area contributed by atoms with Crippen molar-refractivity contribution in [1.29, 1.82) is 5.26 Å². The van der Waals surface area contributed by atoms with Crippen LogP contribution in [0.5, 0.6) is 0 Å². The molecule has 2 atom stereocenters. The van der Waals surface area contributed by atoms with Crippen molar-refractivity contribution < 1.29 is 4.79 Å². The molecule has 0 spiro atoms. The van der Waals surface area contributed by atoms with Gasteiger partial charge in [0.15, 0.2) is 0 Å². The Morgan fingerprint density at radius 2 is 2.13 bits per heavy atom. The van der Waals surface area contributed by atoms with Crippen LogP contribution in [0.1, 0.15) is 27.2 Å². The molecule has 0 saturated heterocycles. The highest BCUT2D eigenvalue weighted by molar-refractivity contribution is 5.78. The molecule has 4 heteroatoms. The van der Waals surface area contributed by atoms with Gasteiger partial charge in [-0.3, -0.25) is 4.79 Å². The van der Waals surface area contributed by atoms with Crippen LogP contribution in [0.2, 0.25) is 0 Å². The number of carbonyl (C=O) groups excluding carboxylic acids is 1. The summed E-state index contributed by atoms with van der Waals surface area (Å²) in [5.41, 5.74) is 0. The molecule has 0 aromatic heterocycles. The Hall–Kier alpha value is -1.08. The van der Waals surface area contributed by atoms with Crippen LogP contribution in [0.15, 0.2) is 0 Å². The smallest absolute Gasteiger partial charge is 0.226 e. The fourth-order valence-corrected chi connectivity index (χ4v) is 1.28. The normalized spacial score (nSPS) is 14.1. The summed E-state index contributed by atoms with van der Waals surface area (Å²) in [7, 11) is 1.76. The first-order valence-corrected chi connectivity index (χ1v) is 5.38. The second-order valence-electron chi connectivity index (χ2n) is 3.87. The van der Waals surface area contributed by atoms with Gasteiger partial charge in [0, 0.05) is 25.6 Å². The SMILES string of the molecule is CCNCC(C)C(=O)N(C)C(C)CC#N. The number of rotatable bonds is 6. The molecule has 4 nitrogen and oxygen atoms in total. The first kappa shape index (κ1) is 13.9. The van der Waals surface area contributed by atoms with Crippen molar-refractivity contribution in [2.24, 2.45) is 5.92 Å². The van der Waals surface area contributed by atoms with E-state index in [2.05, 4.69) is 11.4 Å². The number of amides is 1. The summed E-state index contributed by atoms with van der Waals surface area (Å²) in [5.74, 6) is 0.0646. The molecular formula is C11H21N3O. The zero-order valence-corrected chi connectivity index (χ0v) is 10.1. The number of carbonyl (C=O) groups is 1. The fraction of sp³-hybridized carbons (Fsp3) is 0.818. The molecule has 0 aliphatic rings. The third-order valence-electron chi connectivity index (χ3n) is 2.52. The van der Waals surface area contributed by atoms with Crippen molar-refractivity contribution in [1.82, 2.24) is 10.2 Å². The molecule has 0 aromatic carbocycles. The van der Waals surface area contributed by atoms with Gasteiger partial charge in [-0.1, -0.05) is 13.8 Å². The van der Waals surface area contributed by atoms with Crippen LogP contribution in [0.3, 0.4) is 0 Å². The first-order chi connectivity index (χ1) is 7.04. The van der Waals surface area contributed by atoms with Gasteiger partial charge in [-0.2, -0.15) is 5.26 Å². The Balaban J connectivity index is 4.13. The van der Waals surface area contributed by atoms with Gasteiger partial charge < -0.3 is 10.2 Å². The lowest BCUT2D eigenvalue weighted by molar-refractivity contribution is -0.135. The number of nitrogens with zero attached hydrogens (tertiary/aromatic N) is 2. The van der Waals surface area contributed by atoms with Crippen molar-refractivity contribution in [3.05, 3.63) is 0 Å². The van der Waals surface area contributed by atoms with Crippen molar-refractivity contribution in [3.8, 4) is 6.07 Å². The molecule has 0 rings (SSSR count). The van der Waals surface area contributed by atoms with E-state index in [4.69, 9.17) is 5.26 Å². The Labute approximate surface area is 92.3 Å². The van der Waals surface area contributed by atoms with E-state index in [1.807, 2.05) is 20.8 Å². The van der Waals surface area contributed by atoms with E-state index in [0.29, 0.717) is 13.0 Å². The minimum Gasteiger partial charge on any atom is -0.342 e. The third kappa shape index (κ3) is 4.80. The lowest BCUT2D eigenvalue weighted by Gasteiger charge is -2.26. The van der Waals surface area contributed by atoms with Gasteiger partial charge in [-0.15, -0.1) is 0 Å². The van der Waals surface area contributed by atoms with Crippen LogP contribution in [0.25, 0.3) is 0 Å². The summed E-state index contributed by atoms with van der Waals surface area (Å²) in [6.45, 7) is 7.37. The standard InChI is InChI=1S/C11H21N3O/c1-5-13-8-9(2)11(15)14(4)10(3)6-7-12/h9-10,13H,5-6,8H2,1-4H3. The summed E-state index contributed by atoms with van der Waals surface area (Å²) < 4.78 is 0. The molecule has 15 heavy (non-hydrogen) atoms. The van der Waals surface area contributed by atoms with E-state index >= 15 is 0 Å². The molecular weight excluding hydrogens is 190 g/mol. The zero-order valence-electron chi connectivity index (χ0n) is 10.1. The van der Waals surface area contributed by atoms with Gasteiger partial charge in [-0.05, 0) is 13.5 Å². The van der Waals surface area contributed by atoms with Crippen LogP contribution in [-0.4, -0.2) is 37.0 Å². The zero-order chi connectivity index (χ0) is 11.8. The van der Waals surface area contributed by atoms with Gasteiger partial charge in [-0.25, -0.2) is 0 Å². The van der Waals surface area contributed by atoms with Gasteiger partial charge in [0.25, 0.3) is 0 Å². The maximum atomic E-state index is 11.8. The second kappa shape index (κ2) is 7.24. The number of hydrogen-bond donors (Lipinski definition) is 1. The minimum absolute atomic E-state index is 0.00780. The van der Waals surface area contributed by atoms with E-state index in [1.165, 1.54) is 0 Å². The molecule has 1 N–H and O–H groups in total. The average molecular weight is 211 g/mol. The molecule has 0 aliphatic carbocycles. The van der Waals surface area contributed by atoms with Crippen LogP contribution in [-0.2, 0) is 4.79 Å². The van der Waals surface area contributed by atoms with Crippen molar-refractivity contribution in [2.75, 3.05) is 20.1 Å². The molecule has 1 amide bonds. The van der Waals surface area contributed by atoms with Crippen molar-refractivity contribution >= 4 is 5.91 Å². The molecule has 0 fully saturated rings. The topological polar surface area (TPSA) is 56.1 Å². The first-order valence-electron chi connectivity index (χ1n) is 5.38. The number of nitrogens with one attached hydrogen (secondary N) is 1. The monoisotopic (exact) mass is 211 g/mol. The maximum absolute atomic E-state index is 11.8. The number of nitriles is 1. The molecule has 86 valence electrons. The second-order valence-corrected chi connectivity index (χ2v) is 3.87. The summed E-state index contributed by atoms with van der Waals surface area (Å²) >= 11 is 0. The molecule has 0 aliphatic heterocycles. The summed E-state index contributed by atoms with van der Waals surface area (Å²) in [4.78, 5) is 13.5. The van der Waals surface area contributed by atoms with Crippen molar-refractivity contribution in [2.45, 2.75) is 33.2 Å². The van der Waals surface area contributed by atoms with E-state index < -0.39 is 0 Å². The van der Waals surface area contributed by atoms with E-state index in [0.717, 1.165) is 6.54 Å². The highest BCUT2D eigenvalue weighted by atomic mass is 16.2. The predicted molar refractivity (Wildman–Crippen MR) is 60.2 cm³/mol. The van der Waals surface area contributed by atoms with Gasteiger partial charge in [0.1, 0.15) is 0 Å².